The number of hydrogen-bond donors (Lipinski definition) is 1. The first-order chi connectivity index (χ1) is 11.8. The molecular formula is C19H18N2OS2. The van der Waals surface area contributed by atoms with E-state index in [9.17, 15) is 4.79 Å². The number of nitrogens with one attached hydrogen (secondary N) is 1. The summed E-state index contributed by atoms with van der Waals surface area (Å²) in [6.07, 6.45) is 2.19. The van der Waals surface area contributed by atoms with E-state index in [2.05, 4.69) is 34.6 Å². The number of aryl methyl sites for hydroxylation is 1. The molecule has 1 aliphatic rings. The number of thioether (sulfide) groups is 1. The molecule has 4 rings (SSSR count). The SMILES string of the molecule is O=C(CCc1nc2ccccc2s1)N[C@@H]1CCSc2ccccc21. The topological polar surface area (TPSA) is 42.0 Å². The lowest BCUT2D eigenvalue weighted by Gasteiger charge is -2.25. The van der Waals surface area contributed by atoms with Gasteiger partial charge in [-0.25, -0.2) is 4.98 Å². The van der Waals surface area contributed by atoms with Crippen molar-refractivity contribution in [2.75, 3.05) is 5.75 Å². The predicted octanol–water partition coefficient (Wildman–Crippen LogP) is 4.58. The predicted molar refractivity (Wildman–Crippen MR) is 101 cm³/mol. The second kappa shape index (κ2) is 6.95. The lowest BCUT2D eigenvalue weighted by Crippen LogP contribution is -2.30. The zero-order valence-corrected chi connectivity index (χ0v) is 14.8. The van der Waals surface area contributed by atoms with E-state index in [4.69, 9.17) is 0 Å². The van der Waals surface area contributed by atoms with E-state index in [1.807, 2.05) is 36.0 Å². The number of thiazole rings is 1. The van der Waals surface area contributed by atoms with Crippen LogP contribution >= 0.6 is 23.1 Å². The first kappa shape index (κ1) is 15.7. The molecule has 3 aromatic rings. The number of nitrogens with zero attached hydrogens (tertiary/aromatic N) is 1. The van der Waals surface area contributed by atoms with Crippen LogP contribution in [-0.2, 0) is 11.2 Å². The maximum absolute atomic E-state index is 12.4. The fourth-order valence-corrected chi connectivity index (χ4v) is 5.10. The number of rotatable bonds is 4. The minimum absolute atomic E-state index is 0.112. The lowest BCUT2D eigenvalue weighted by atomic mass is 10.0. The molecule has 0 saturated carbocycles. The van der Waals surface area contributed by atoms with Crippen LogP contribution in [0.4, 0.5) is 0 Å². The highest BCUT2D eigenvalue weighted by Crippen LogP contribution is 2.35. The van der Waals surface area contributed by atoms with Crippen molar-refractivity contribution in [2.24, 2.45) is 0 Å². The van der Waals surface area contributed by atoms with Crippen LogP contribution in [0.5, 0.6) is 0 Å². The largest absolute Gasteiger partial charge is 0.349 e. The summed E-state index contributed by atoms with van der Waals surface area (Å²) in [5, 5.41) is 4.24. The van der Waals surface area contributed by atoms with Gasteiger partial charge >= 0.3 is 0 Å². The van der Waals surface area contributed by atoms with Crippen LogP contribution in [0.3, 0.4) is 0 Å². The first-order valence-electron chi connectivity index (χ1n) is 8.15. The van der Waals surface area contributed by atoms with Gasteiger partial charge in [0.05, 0.1) is 21.3 Å². The van der Waals surface area contributed by atoms with Crippen molar-refractivity contribution in [1.82, 2.24) is 10.3 Å². The Labute approximate surface area is 149 Å². The fraction of sp³-hybridized carbons (Fsp3) is 0.263. The number of aromatic nitrogens is 1. The van der Waals surface area contributed by atoms with Crippen molar-refractivity contribution < 1.29 is 4.79 Å². The summed E-state index contributed by atoms with van der Waals surface area (Å²) < 4.78 is 1.19. The third kappa shape index (κ3) is 3.32. The molecule has 0 aliphatic carbocycles. The standard InChI is InChI=1S/C19H18N2OS2/c22-18(9-10-19-21-15-6-2-4-8-17(15)24-19)20-14-11-12-23-16-7-3-1-5-13(14)16/h1-8,14H,9-12H2,(H,20,22)/t14-/m1/s1. The van der Waals surface area contributed by atoms with Crippen LogP contribution < -0.4 is 5.32 Å². The minimum Gasteiger partial charge on any atom is -0.349 e. The van der Waals surface area contributed by atoms with Crippen LogP contribution in [0.25, 0.3) is 10.2 Å². The molecule has 0 bridgehead atoms. The van der Waals surface area contributed by atoms with Gasteiger partial charge in [-0.05, 0) is 30.2 Å². The summed E-state index contributed by atoms with van der Waals surface area (Å²) in [6.45, 7) is 0. The van der Waals surface area contributed by atoms with Gasteiger partial charge in [-0.2, -0.15) is 0 Å². The number of fused-ring (bicyclic) bond motifs is 2. The molecule has 2 aromatic carbocycles. The fourth-order valence-electron chi connectivity index (χ4n) is 3.01. The minimum atomic E-state index is 0.112. The van der Waals surface area contributed by atoms with Crippen LogP contribution in [0.2, 0.25) is 0 Å². The number of para-hydroxylation sites is 1. The lowest BCUT2D eigenvalue weighted by molar-refractivity contribution is -0.121. The highest BCUT2D eigenvalue weighted by Gasteiger charge is 2.21. The molecule has 1 aromatic heterocycles. The number of carbonyl (C=O) groups excluding carboxylic acids is 1. The van der Waals surface area contributed by atoms with Gasteiger partial charge in [0.2, 0.25) is 5.91 Å². The van der Waals surface area contributed by atoms with Gasteiger partial charge in [-0.3, -0.25) is 4.79 Å². The van der Waals surface area contributed by atoms with Crippen molar-refractivity contribution in [2.45, 2.75) is 30.2 Å². The second-order valence-electron chi connectivity index (χ2n) is 5.87. The maximum atomic E-state index is 12.4. The Kier molecular flexibility index (Phi) is 4.54. The molecule has 1 amide bonds. The number of hydrogen-bond acceptors (Lipinski definition) is 4. The summed E-state index contributed by atoms with van der Waals surface area (Å²) >= 11 is 3.55. The molecular weight excluding hydrogens is 336 g/mol. The molecule has 0 radical (unpaired) electrons. The summed E-state index contributed by atoms with van der Waals surface area (Å²) in [7, 11) is 0. The molecule has 5 heteroatoms. The van der Waals surface area contributed by atoms with Gasteiger partial charge in [0.15, 0.2) is 0 Å². The monoisotopic (exact) mass is 354 g/mol. The number of amides is 1. The van der Waals surface area contributed by atoms with Crippen molar-refractivity contribution in [3.05, 3.63) is 59.1 Å². The highest BCUT2D eigenvalue weighted by molar-refractivity contribution is 7.99. The molecule has 1 atom stereocenters. The Hall–Kier alpha value is -1.85. The van der Waals surface area contributed by atoms with E-state index < -0.39 is 0 Å². The molecule has 0 saturated heterocycles. The van der Waals surface area contributed by atoms with E-state index in [1.165, 1.54) is 15.2 Å². The molecule has 2 heterocycles. The summed E-state index contributed by atoms with van der Waals surface area (Å²) in [5.41, 5.74) is 2.28. The molecule has 1 N–H and O–H groups in total. The van der Waals surface area contributed by atoms with Gasteiger partial charge in [0.1, 0.15) is 0 Å². The number of benzene rings is 2. The molecule has 0 unspecified atom stereocenters. The summed E-state index contributed by atoms with van der Waals surface area (Å²) in [4.78, 5) is 18.3. The zero-order valence-electron chi connectivity index (χ0n) is 13.2. The Morgan fingerprint density at radius 1 is 1.17 bits per heavy atom. The third-order valence-corrected chi connectivity index (χ3v) is 6.42. The van der Waals surface area contributed by atoms with Gasteiger partial charge in [0.25, 0.3) is 0 Å². The number of carbonyl (C=O) groups is 1. The second-order valence-corrected chi connectivity index (χ2v) is 8.12. The molecule has 3 nitrogen and oxygen atoms in total. The molecule has 122 valence electrons. The van der Waals surface area contributed by atoms with Crippen molar-refractivity contribution >= 4 is 39.2 Å². The normalized spacial score (nSPS) is 16.8. The average Bonchev–Trinajstić information content (AvgIpc) is 3.03. The Bertz CT molecular complexity index is 841. The van der Waals surface area contributed by atoms with Gasteiger partial charge in [-0.1, -0.05) is 30.3 Å². The third-order valence-electron chi connectivity index (χ3n) is 4.20. The molecule has 0 fully saturated rings. The van der Waals surface area contributed by atoms with Crippen molar-refractivity contribution in [3.63, 3.8) is 0 Å². The van der Waals surface area contributed by atoms with Gasteiger partial charge in [-0.15, -0.1) is 23.1 Å². The van der Waals surface area contributed by atoms with Crippen LogP contribution in [0, 0.1) is 0 Å². The van der Waals surface area contributed by atoms with Crippen LogP contribution in [0.15, 0.2) is 53.4 Å². The van der Waals surface area contributed by atoms with E-state index >= 15 is 0 Å². The molecule has 0 spiro atoms. The highest BCUT2D eigenvalue weighted by atomic mass is 32.2. The van der Waals surface area contributed by atoms with E-state index in [1.54, 1.807) is 11.3 Å². The maximum Gasteiger partial charge on any atom is 0.220 e. The quantitative estimate of drug-likeness (QED) is 0.745. The van der Waals surface area contributed by atoms with E-state index in [0.717, 1.165) is 22.7 Å². The Morgan fingerprint density at radius 2 is 2.00 bits per heavy atom. The Balaban J connectivity index is 1.39. The van der Waals surface area contributed by atoms with Crippen LogP contribution in [-0.4, -0.2) is 16.6 Å². The van der Waals surface area contributed by atoms with Crippen LogP contribution in [0.1, 0.15) is 29.5 Å². The smallest absolute Gasteiger partial charge is 0.220 e. The summed E-state index contributed by atoms with van der Waals surface area (Å²) in [5.74, 6) is 1.17. The van der Waals surface area contributed by atoms with Gasteiger partial charge < -0.3 is 5.32 Å². The zero-order chi connectivity index (χ0) is 16.4. The molecule has 24 heavy (non-hydrogen) atoms. The average molecular weight is 355 g/mol. The van der Waals surface area contributed by atoms with Gasteiger partial charge in [0, 0.05) is 23.5 Å². The van der Waals surface area contributed by atoms with E-state index in [-0.39, 0.29) is 11.9 Å². The Morgan fingerprint density at radius 3 is 2.92 bits per heavy atom. The van der Waals surface area contributed by atoms with Crippen molar-refractivity contribution in [3.8, 4) is 0 Å². The first-order valence-corrected chi connectivity index (χ1v) is 9.95. The summed E-state index contributed by atoms with van der Waals surface area (Å²) in [6, 6.07) is 16.6. The van der Waals surface area contributed by atoms with E-state index in [0.29, 0.717) is 12.8 Å². The molecule has 1 aliphatic heterocycles. The van der Waals surface area contributed by atoms with Crippen molar-refractivity contribution in [1.29, 1.82) is 0 Å².